The molecule has 4 aromatic carbocycles. The van der Waals surface area contributed by atoms with Crippen LogP contribution in [0, 0.1) is 0 Å². The fourth-order valence-corrected chi connectivity index (χ4v) is 5.77. The fourth-order valence-electron chi connectivity index (χ4n) is 5.77. The molecule has 4 aromatic rings. The Morgan fingerprint density at radius 3 is 1.92 bits per heavy atom. The number of unbranched alkanes of at least 4 members (excludes halogenated alkanes) is 1. The van der Waals surface area contributed by atoms with Gasteiger partial charge in [0.25, 0.3) is 0 Å². The highest BCUT2D eigenvalue weighted by Crippen LogP contribution is 2.32. The molecule has 0 radical (unpaired) electrons. The number of rotatable bonds is 18. The first-order valence-electron chi connectivity index (χ1n) is 17.8. The van der Waals surface area contributed by atoms with Crippen molar-refractivity contribution in [2.75, 3.05) is 6.61 Å². The van der Waals surface area contributed by atoms with Crippen molar-refractivity contribution in [1.29, 1.82) is 0 Å². The molecule has 0 saturated heterocycles. The maximum Gasteiger partial charge on any atom is 0.161 e. The molecule has 0 aromatic heterocycles. The smallest absolute Gasteiger partial charge is 0.161 e. The Kier molecular flexibility index (Phi) is 16.4. The van der Waals surface area contributed by atoms with Crippen molar-refractivity contribution in [2.45, 2.75) is 64.8 Å². The third-order valence-electron chi connectivity index (χ3n) is 8.51. The molecule has 3 nitrogen and oxygen atoms in total. The molecule has 0 amide bonds. The normalized spacial score (nSPS) is 12.6. The van der Waals surface area contributed by atoms with Crippen LogP contribution in [0.5, 0.6) is 11.5 Å². The summed E-state index contributed by atoms with van der Waals surface area (Å²) in [6, 6.07) is 38.5. The highest BCUT2D eigenvalue weighted by atomic mass is 16.5. The molecule has 0 heterocycles. The van der Waals surface area contributed by atoms with Crippen molar-refractivity contribution in [1.82, 2.24) is 4.90 Å². The van der Waals surface area contributed by atoms with Gasteiger partial charge in [0.15, 0.2) is 11.5 Å². The molecule has 1 unspecified atom stereocenters. The van der Waals surface area contributed by atoms with Crippen molar-refractivity contribution in [3.8, 4) is 11.5 Å². The molecule has 0 bridgehead atoms. The van der Waals surface area contributed by atoms with Crippen LogP contribution in [0.25, 0.3) is 0 Å². The average Bonchev–Trinajstić information content (AvgIpc) is 3.45. The van der Waals surface area contributed by atoms with E-state index in [4.69, 9.17) is 9.47 Å². The van der Waals surface area contributed by atoms with Crippen LogP contribution in [0.15, 0.2) is 183 Å². The van der Waals surface area contributed by atoms with E-state index >= 15 is 0 Å². The minimum absolute atomic E-state index is 0.161. The summed E-state index contributed by atoms with van der Waals surface area (Å²) in [5.41, 5.74) is 7.36. The van der Waals surface area contributed by atoms with Crippen molar-refractivity contribution >= 4 is 0 Å². The maximum atomic E-state index is 6.51. The summed E-state index contributed by atoms with van der Waals surface area (Å²) in [6.45, 7) is 16.3. The Balaban J connectivity index is 0.00000133. The Bertz CT molecular complexity index is 1640. The molecule has 1 aliphatic carbocycles. The summed E-state index contributed by atoms with van der Waals surface area (Å²) in [4.78, 5) is 2.59. The minimum Gasteiger partial charge on any atom is -0.485 e. The van der Waals surface area contributed by atoms with Gasteiger partial charge in [0, 0.05) is 19.1 Å². The van der Waals surface area contributed by atoms with Crippen molar-refractivity contribution in [3.05, 3.63) is 205 Å². The highest BCUT2D eigenvalue weighted by molar-refractivity contribution is 5.44. The van der Waals surface area contributed by atoms with Crippen molar-refractivity contribution in [3.63, 3.8) is 0 Å². The van der Waals surface area contributed by atoms with Gasteiger partial charge >= 0.3 is 0 Å². The molecule has 0 spiro atoms. The van der Waals surface area contributed by atoms with Crippen LogP contribution in [0.4, 0.5) is 0 Å². The van der Waals surface area contributed by atoms with Gasteiger partial charge < -0.3 is 9.47 Å². The van der Waals surface area contributed by atoms with Crippen molar-refractivity contribution < 1.29 is 9.47 Å². The molecule has 1 aliphatic rings. The first kappa shape index (κ1) is 37.7. The zero-order chi connectivity index (χ0) is 35.2. The molecular formula is C47H53NO2. The summed E-state index contributed by atoms with van der Waals surface area (Å²) in [5.74, 6) is 1.53. The zero-order valence-corrected chi connectivity index (χ0v) is 29.8. The van der Waals surface area contributed by atoms with Gasteiger partial charge in [-0.25, -0.2) is 0 Å². The van der Waals surface area contributed by atoms with E-state index in [-0.39, 0.29) is 6.04 Å². The monoisotopic (exact) mass is 663 g/mol. The average molecular weight is 664 g/mol. The number of allylic oxidation sites excluding steroid dienone is 6. The van der Waals surface area contributed by atoms with E-state index in [0.29, 0.717) is 13.2 Å². The summed E-state index contributed by atoms with van der Waals surface area (Å²) < 4.78 is 12.9. The molecule has 0 aliphatic heterocycles. The summed E-state index contributed by atoms with van der Waals surface area (Å²) in [7, 11) is 0. The van der Waals surface area contributed by atoms with Crippen LogP contribution in [0.3, 0.4) is 0 Å². The van der Waals surface area contributed by atoms with Crippen molar-refractivity contribution in [2.24, 2.45) is 0 Å². The Morgan fingerprint density at radius 1 is 0.720 bits per heavy atom. The minimum atomic E-state index is 0.161. The summed E-state index contributed by atoms with van der Waals surface area (Å²) >= 11 is 0. The first-order chi connectivity index (χ1) is 24.6. The van der Waals surface area contributed by atoms with E-state index in [1.807, 2.05) is 18.2 Å². The number of benzene rings is 4. The first-order valence-corrected chi connectivity index (χ1v) is 17.8. The lowest BCUT2D eigenvalue weighted by Crippen LogP contribution is -2.37. The van der Waals surface area contributed by atoms with E-state index in [1.54, 1.807) is 12.2 Å². The zero-order valence-electron chi connectivity index (χ0n) is 29.8. The molecular weight excluding hydrogens is 611 g/mol. The molecule has 0 fully saturated rings. The second kappa shape index (κ2) is 21.8. The van der Waals surface area contributed by atoms with E-state index in [0.717, 1.165) is 67.8 Å². The predicted molar refractivity (Wildman–Crippen MR) is 212 cm³/mol. The number of nitrogens with zero attached hydrogens (tertiary/aromatic N) is 1. The molecule has 3 heteroatoms. The van der Waals surface area contributed by atoms with Crippen LogP contribution in [0.2, 0.25) is 0 Å². The highest BCUT2D eigenvalue weighted by Gasteiger charge is 2.23. The SMILES string of the molecule is C=C(CCCC)C(Cc1ccc(OCc2ccccc2)c(OCC2=CC=CCC=C2)c1)N(Cc1ccccc1)Cc1ccccc1.C=CC=C. The van der Waals surface area contributed by atoms with Gasteiger partial charge in [0.2, 0.25) is 0 Å². The third-order valence-corrected chi connectivity index (χ3v) is 8.51. The Labute approximate surface area is 301 Å². The van der Waals surface area contributed by atoms with Crippen LogP contribution >= 0.6 is 0 Å². The summed E-state index contributed by atoms with van der Waals surface area (Å²) in [5, 5.41) is 0. The van der Waals surface area contributed by atoms with Gasteiger partial charge in [-0.1, -0.05) is 178 Å². The lowest BCUT2D eigenvalue weighted by atomic mass is 9.93. The molecule has 258 valence electrons. The van der Waals surface area contributed by atoms with Crippen LogP contribution in [0.1, 0.15) is 54.9 Å². The lowest BCUT2D eigenvalue weighted by molar-refractivity contribution is 0.197. The maximum absolute atomic E-state index is 6.51. The fraction of sp³-hybridized carbons (Fsp3) is 0.234. The molecule has 50 heavy (non-hydrogen) atoms. The van der Waals surface area contributed by atoms with Crippen LogP contribution < -0.4 is 9.47 Å². The van der Waals surface area contributed by atoms with E-state index < -0.39 is 0 Å². The van der Waals surface area contributed by atoms with Crippen LogP contribution in [-0.2, 0) is 26.1 Å². The molecule has 1 atom stereocenters. The quantitative estimate of drug-likeness (QED) is 0.0781. The second-order valence-corrected chi connectivity index (χ2v) is 12.5. The molecule has 5 rings (SSSR count). The largest absolute Gasteiger partial charge is 0.485 e. The summed E-state index contributed by atoms with van der Waals surface area (Å²) in [6.07, 6.45) is 19.0. The predicted octanol–water partition coefficient (Wildman–Crippen LogP) is 11.8. The van der Waals surface area contributed by atoms with Crippen LogP contribution in [-0.4, -0.2) is 17.5 Å². The number of ether oxygens (including phenoxy) is 2. The van der Waals surface area contributed by atoms with Gasteiger partial charge in [-0.3, -0.25) is 4.90 Å². The third kappa shape index (κ3) is 13.1. The van der Waals surface area contributed by atoms with Gasteiger partial charge in [-0.2, -0.15) is 0 Å². The van der Waals surface area contributed by atoms with E-state index in [9.17, 15) is 0 Å². The second-order valence-electron chi connectivity index (χ2n) is 12.5. The van der Waals surface area contributed by atoms with E-state index in [2.05, 4.69) is 153 Å². The number of hydrogen-bond donors (Lipinski definition) is 0. The van der Waals surface area contributed by atoms with Gasteiger partial charge in [-0.05, 0) is 65.6 Å². The Morgan fingerprint density at radius 2 is 1.32 bits per heavy atom. The van der Waals surface area contributed by atoms with E-state index in [1.165, 1.54) is 22.3 Å². The Hall–Kier alpha value is -5.12. The van der Waals surface area contributed by atoms with Gasteiger partial charge in [-0.15, -0.1) is 0 Å². The molecule has 0 saturated carbocycles. The topological polar surface area (TPSA) is 21.7 Å². The lowest BCUT2D eigenvalue weighted by Gasteiger charge is -2.34. The van der Waals surface area contributed by atoms with Gasteiger partial charge in [0.05, 0.1) is 0 Å². The standard InChI is InChI=1S/C43H47NO2.C4H6/c1-3-4-18-35(2)41(44(31-36-19-12-7-13-20-36)32-37-21-14-8-15-22-37)29-40-27-28-42(45-33-38-25-16-9-17-26-38)43(30-40)46-34-39-23-10-5-6-11-24-39;1-3-4-2/h5,7-17,19-28,30,41H,2-4,6,18,29,31-34H2,1H3;3-4H,1-2H2. The molecule has 0 N–H and O–H groups in total. The number of hydrogen-bond acceptors (Lipinski definition) is 3. The van der Waals surface area contributed by atoms with Gasteiger partial charge in [0.1, 0.15) is 13.2 Å².